The van der Waals surface area contributed by atoms with Crippen molar-refractivity contribution in [1.82, 2.24) is 0 Å². The summed E-state index contributed by atoms with van der Waals surface area (Å²) < 4.78 is 0. The second kappa shape index (κ2) is 4.81. The Bertz CT molecular complexity index is 541. The molecule has 0 atom stereocenters. The molecule has 2 aromatic rings. The van der Waals surface area contributed by atoms with E-state index in [0.29, 0.717) is 0 Å². The van der Waals surface area contributed by atoms with Crippen molar-refractivity contribution in [2.75, 3.05) is 0 Å². The van der Waals surface area contributed by atoms with Crippen molar-refractivity contribution < 1.29 is 0 Å². The summed E-state index contributed by atoms with van der Waals surface area (Å²) in [6, 6.07) is 17.5. The molecule has 1 aliphatic carbocycles. The van der Waals surface area contributed by atoms with Crippen molar-refractivity contribution in [2.24, 2.45) is 0 Å². The maximum atomic E-state index is 3.98. The molecule has 2 aromatic carbocycles. The highest BCUT2D eigenvalue weighted by Crippen LogP contribution is 2.33. The highest BCUT2D eigenvalue weighted by atomic mass is 14.2. The first-order chi connectivity index (χ1) is 8.90. The molecule has 0 unspecified atom stereocenters. The molecule has 18 heavy (non-hydrogen) atoms. The second-order valence-corrected chi connectivity index (χ2v) is 4.72. The first-order valence-electron chi connectivity index (χ1n) is 6.56. The van der Waals surface area contributed by atoms with Gasteiger partial charge in [0.1, 0.15) is 0 Å². The Morgan fingerprint density at radius 1 is 0.833 bits per heavy atom. The van der Waals surface area contributed by atoms with Gasteiger partial charge in [-0.05, 0) is 54.0 Å². The van der Waals surface area contributed by atoms with Crippen LogP contribution in [0.25, 0.3) is 5.57 Å². The van der Waals surface area contributed by atoms with Crippen LogP contribution in [0.1, 0.15) is 28.7 Å². The van der Waals surface area contributed by atoms with Crippen LogP contribution in [0.15, 0.2) is 54.6 Å². The molecule has 0 aliphatic heterocycles. The van der Waals surface area contributed by atoms with Crippen LogP contribution in [0.3, 0.4) is 0 Å². The summed E-state index contributed by atoms with van der Waals surface area (Å²) in [6.07, 6.45) is 5.34. The van der Waals surface area contributed by atoms with Gasteiger partial charge in [-0.15, -0.1) is 0 Å². The minimum atomic E-state index is 0.831. The molecule has 0 N–H and O–H groups in total. The number of hydrogen-bond acceptors (Lipinski definition) is 0. The lowest BCUT2D eigenvalue weighted by Crippen LogP contribution is -1.91. The molecule has 0 saturated heterocycles. The first kappa shape index (κ1) is 11.3. The highest BCUT2D eigenvalue weighted by molar-refractivity contribution is 5.83. The van der Waals surface area contributed by atoms with Gasteiger partial charge in [0.25, 0.3) is 0 Å². The lowest BCUT2D eigenvalue weighted by molar-refractivity contribution is 0.965. The summed E-state index contributed by atoms with van der Waals surface area (Å²) in [5.74, 6) is 0. The molecule has 3 rings (SSSR count). The smallest absolute Gasteiger partial charge is 0.0146 e. The number of hydrogen-bond donors (Lipinski definition) is 0. The summed E-state index contributed by atoms with van der Waals surface area (Å²) in [4.78, 5) is 0. The quantitative estimate of drug-likeness (QED) is 0.683. The van der Waals surface area contributed by atoms with Crippen LogP contribution in [0, 0.1) is 6.92 Å². The van der Waals surface area contributed by atoms with Gasteiger partial charge in [0, 0.05) is 0 Å². The fourth-order valence-corrected chi connectivity index (χ4v) is 2.78. The number of aryl methyl sites for hydroxylation is 2. The van der Waals surface area contributed by atoms with Crippen LogP contribution in [0.2, 0.25) is 0 Å². The van der Waals surface area contributed by atoms with E-state index in [4.69, 9.17) is 0 Å². The fourth-order valence-electron chi connectivity index (χ4n) is 2.78. The Morgan fingerprint density at radius 3 is 1.83 bits per heavy atom. The molecule has 0 bridgehead atoms. The normalized spacial score (nSPS) is 13.5. The van der Waals surface area contributed by atoms with Gasteiger partial charge in [0.05, 0.1) is 0 Å². The summed E-state index contributed by atoms with van der Waals surface area (Å²) in [5, 5.41) is 0. The van der Waals surface area contributed by atoms with Gasteiger partial charge < -0.3 is 0 Å². The van der Waals surface area contributed by atoms with Gasteiger partial charge in [0.2, 0.25) is 0 Å². The van der Waals surface area contributed by atoms with E-state index in [1.165, 1.54) is 27.8 Å². The number of fused-ring (bicyclic) bond motifs is 2. The van der Waals surface area contributed by atoms with Crippen molar-refractivity contribution in [2.45, 2.75) is 19.3 Å². The number of benzene rings is 2. The van der Waals surface area contributed by atoms with Crippen molar-refractivity contribution in [3.05, 3.63) is 83.8 Å². The fraction of sp³-hybridized carbons (Fsp3) is 0.167. The largest absolute Gasteiger partial charge is 0.0760 e. The molecule has 1 aliphatic rings. The van der Waals surface area contributed by atoms with Gasteiger partial charge in [-0.2, -0.15) is 0 Å². The lowest BCUT2D eigenvalue weighted by Gasteiger charge is -2.11. The molecular weight excluding hydrogens is 216 g/mol. The number of rotatable bonds is 1. The molecule has 0 nitrogen and oxygen atoms in total. The van der Waals surface area contributed by atoms with Crippen molar-refractivity contribution in [3.8, 4) is 0 Å². The minimum Gasteiger partial charge on any atom is -0.0760 e. The summed E-state index contributed by atoms with van der Waals surface area (Å²) in [6.45, 7) is 3.98. The minimum absolute atomic E-state index is 0.831. The maximum Gasteiger partial charge on any atom is -0.0146 e. The monoisotopic (exact) mass is 233 g/mol. The van der Waals surface area contributed by atoms with Gasteiger partial charge in [-0.1, -0.05) is 54.6 Å². The van der Waals surface area contributed by atoms with Crippen molar-refractivity contribution >= 4 is 5.57 Å². The third-order valence-electron chi connectivity index (χ3n) is 3.63. The van der Waals surface area contributed by atoms with Crippen LogP contribution in [-0.4, -0.2) is 0 Å². The standard InChI is InChI=1S/C18H17/c1-2-7-18-16-10-5-3-8-14(16)12-13-15-9-4-6-11-17(15)18/h3-11H,1-2,12-13H2. The zero-order valence-electron chi connectivity index (χ0n) is 10.5. The Labute approximate surface area is 109 Å². The molecule has 0 amide bonds. The zero-order valence-corrected chi connectivity index (χ0v) is 10.5. The van der Waals surface area contributed by atoms with E-state index in [1.54, 1.807) is 0 Å². The second-order valence-electron chi connectivity index (χ2n) is 4.72. The van der Waals surface area contributed by atoms with E-state index >= 15 is 0 Å². The van der Waals surface area contributed by atoms with Gasteiger partial charge in [-0.25, -0.2) is 0 Å². The number of allylic oxidation sites excluding steroid dienone is 1. The van der Waals surface area contributed by atoms with Crippen LogP contribution in [-0.2, 0) is 12.8 Å². The van der Waals surface area contributed by atoms with E-state index < -0.39 is 0 Å². The SMILES string of the molecule is [CH2]CC=C1c2ccccc2CCc2ccccc21. The van der Waals surface area contributed by atoms with E-state index in [9.17, 15) is 0 Å². The molecule has 0 aromatic heterocycles. The summed E-state index contributed by atoms with van der Waals surface area (Å²) in [5.41, 5.74) is 7.02. The highest BCUT2D eigenvalue weighted by Gasteiger charge is 2.16. The van der Waals surface area contributed by atoms with Crippen LogP contribution in [0.4, 0.5) is 0 Å². The van der Waals surface area contributed by atoms with Gasteiger partial charge >= 0.3 is 0 Å². The van der Waals surface area contributed by atoms with Crippen molar-refractivity contribution in [3.63, 3.8) is 0 Å². The summed E-state index contributed by atoms with van der Waals surface area (Å²) >= 11 is 0. The Kier molecular flexibility index (Phi) is 3.02. The Hall–Kier alpha value is -1.82. The van der Waals surface area contributed by atoms with E-state index in [-0.39, 0.29) is 0 Å². The molecular formula is C18H17. The molecule has 0 saturated carbocycles. The molecule has 0 fully saturated rings. The average molecular weight is 233 g/mol. The Morgan fingerprint density at radius 2 is 1.33 bits per heavy atom. The predicted molar refractivity (Wildman–Crippen MR) is 77.3 cm³/mol. The zero-order chi connectivity index (χ0) is 12.4. The van der Waals surface area contributed by atoms with Gasteiger partial charge in [-0.3, -0.25) is 0 Å². The van der Waals surface area contributed by atoms with Crippen LogP contribution >= 0.6 is 0 Å². The topological polar surface area (TPSA) is 0 Å². The molecule has 0 heteroatoms. The third-order valence-corrected chi connectivity index (χ3v) is 3.63. The lowest BCUT2D eigenvalue weighted by atomic mass is 9.93. The van der Waals surface area contributed by atoms with E-state index in [1.807, 2.05) is 0 Å². The van der Waals surface area contributed by atoms with Crippen molar-refractivity contribution in [1.29, 1.82) is 0 Å². The van der Waals surface area contributed by atoms with E-state index in [0.717, 1.165) is 19.3 Å². The average Bonchev–Trinajstić information content (AvgIpc) is 2.58. The van der Waals surface area contributed by atoms with Crippen LogP contribution in [0.5, 0.6) is 0 Å². The van der Waals surface area contributed by atoms with Gasteiger partial charge in [0.15, 0.2) is 0 Å². The molecule has 0 spiro atoms. The molecule has 89 valence electrons. The first-order valence-corrected chi connectivity index (χ1v) is 6.56. The molecule has 1 radical (unpaired) electrons. The molecule has 0 heterocycles. The Balaban J connectivity index is 2.25. The third kappa shape index (κ3) is 1.88. The van der Waals surface area contributed by atoms with E-state index in [2.05, 4.69) is 61.5 Å². The predicted octanol–water partition coefficient (Wildman–Crippen LogP) is 4.44. The van der Waals surface area contributed by atoms with Crippen LogP contribution < -0.4 is 0 Å². The summed E-state index contributed by atoms with van der Waals surface area (Å²) in [7, 11) is 0. The maximum absolute atomic E-state index is 3.98.